The second kappa shape index (κ2) is 5.99. The second-order valence-corrected chi connectivity index (χ2v) is 3.37. The molecule has 0 spiro atoms. The van der Waals surface area contributed by atoms with E-state index in [1.54, 1.807) is 19.4 Å². The first-order chi connectivity index (χ1) is 7.26. The van der Waals surface area contributed by atoms with E-state index in [0.717, 1.165) is 18.8 Å². The fourth-order valence-corrected chi connectivity index (χ4v) is 1.16. The molecule has 0 fully saturated rings. The lowest BCUT2D eigenvalue weighted by molar-refractivity contribution is 0.191. The Morgan fingerprint density at radius 1 is 1.60 bits per heavy atom. The van der Waals surface area contributed by atoms with Crippen molar-refractivity contribution >= 4 is 5.82 Å². The van der Waals surface area contributed by atoms with Gasteiger partial charge in [-0.05, 0) is 25.5 Å². The van der Waals surface area contributed by atoms with Gasteiger partial charge in [-0.15, -0.1) is 0 Å². The number of rotatable bonds is 5. The fraction of sp³-hybridized carbons (Fsp3) is 0.455. The lowest BCUT2D eigenvalue weighted by atomic mass is 10.2. The number of anilines is 1. The Balaban J connectivity index is 2.47. The van der Waals surface area contributed by atoms with E-state index >= 15 is 0 Å². The third kappa shape index (κ3) is 3.96. The summed E-state index contributed by atoms with van der Waals surface area (Å²) in [6.07, 6.45) is 2.49. The molecule has 0 bridgehead atoms. The summed E-state index contributed by atoms with van der Waals surface area (Å²) >= 11 is 0. The minimum Gasteiger partial charge on any atom is -0.385 e. The van der Waals surface area contributed by atoms with E-state index in [-0.39, 0.29) is 0 Å². The van der Waals surface area contributed by atoms with Crippen molar-refractivity contribution in [2.24, 2.45) is 0 Å². The van der Waals surface area contributed by atoms with Crippen molar-refractivity contribution in [2.45, 2.75) is 19.4 Å². The van der Waals surface area contributed by atoms with Crippen LogP contribution < -0.4 is 5.32 Å². The SMILES string of the molecule is COCCC(C)Nc1ccc(C#N)cn1. The molecule has 0 saturated carbocycles. The maximum atomic E-state index is 8.60. The van der Waals surface area contributed by atoms with Gasteiger partial charge in [0.2, 0.25) is 0 Å². The monoisotopic (exact) mass is 205 g/mol. The highest BCUT2D eigenvalue weighted by Gasteiger charge is 2.02. The topological polar surface area (TPSA) is 57.9 Å². The first kappa shape index (κ1) is 11.5. The lowest BCUT2D eigenvalue weighted by Gasteiger charge is -2.13. The van der Waals surface area contributed by atoms with Crippen LogP contribution in [0, 0.1) is 11.3 Å². The molecule has 1 atom stereocenters. The van der Waals surface area contributed by atoms with Crippen LogP contribution in [0.2, 0.25) is 0 Å². The molecule has 4 heteroatoms. The summed E-state index contributed by atoms with van der Waals surface area (Å²) in [5.41, 5.74) is 0.574. The Bertz CT molecular complexity index is 329. The predicted molar refractivity (Wildman–Crippen MR) is 58.5 cm³/mol. The number of pyridine rings is 1. The highest BCUT2D eigenvalue weighted by atomic mass is 16.5. The van der Waals surface area contributed by atoms with Crippen LogP contribution in [0.5, 0.6) is 0 Å². The van der Waals surface area contributed by atoms with Crippen molar-refractivity contribution in [3.05, 3.63) is 23.9 Å². The highest BCUT2D eigenvalue weighted by molar-refractivity contribution is 5.39. The van der Waals surface area contributed by atoms with Gasteiger partial charge < -0.3 is 10.1 Å². The lowest BCUT2D eigenvalue weighted by Crippen LogP contribution is -2.17. The maximum absolute atomic E-state index is 8.60. The molecule has 1 heterocycles. The molecule has 1 rings (SSSR count). The molecule has 1 aromatic heterocycles. The van der Waals surface area contributed by atoms with Crippen molar-refractivity contribution < 1.29 is 4.74 Å². The quantitative estimate of drug-likeness (QED) is 0.796. The molecule has 0 aliphatic rings. The van der Waals surface area contributed by atoms with E-state index in [9.17, 15) is 0 Å². The van der Waals surface area contributed by atoms with Crippen LogP contribution in [-0.2, 0) is 4.74 Å². The smallest absolute Gasteiger partial charge is 0.126 e. The highest BCUT2D eigenvalue weighted by Crippen LogP contribution is 2.07. The average molecular weight is 205 g/mol. The molecule has 0 saturated heterocycles. The van der Waals surface area contributed by atoms with Gasteiger partial charge in [-0.1, -0.05) is 0 Å². The number of hydrogen-bond acceptors (Lipinski definition) is 4. The number of nitriles is 1. The number of hydrogen-bond donors (Lipinski definition) is 1. The minimum atomic E-state index is 0.311. The molecule has 0 aliphatic heterocycles. The average Bonchev–Trinajstić information content (AvgIpc) is 2.27. The largest absolute Gasteiger partial charge is 0.385 e. The normalized spacial score (nSPS) is 11.8. The van der Waals surface area contributed by atoms with Crippen molar-refractivity contribution in [3.63, 3.8) is 0 Å². The van der Waals surface area contributed by atoms with Crippen LogP contribution in [-0.4, -0.2) is 24.7 Å². The van der Waals surface area contributed by atoms with E-state index in [2.05, 4.69) is 17.2 Å². The standard InChI is InChI=1S/C11H15N3O/c1-9(5-6-15-2)14-11-4-3-10(7-12)8-13-11/h3-4,8-9H,5-6H2,1-2H3,(H,13,14). The molecule has 1 unspecified atom stereocenters. The van der Waals surface area contributed by atoms with Crippen molar-refractivity contribution in [1.82, 2.24) is 4.98 Å². The Hall–Kier alpha value is -1.60. The predicted octanol–water partition coefficient (Wildman–Crippen LogP) is 1.79. The number of ether oxygens (including phenoxy) is 1. The molecule has 0 radical (unpaired) electrons. The van der Waals surface area contributed by atoms with Gasteiger partial charge in [-0.2, -0.15) is 5.26 Å². The minimum absolute atomic E-state index is 0.311. The summed E-state index contributed by atoms with van der Waals surface area (Å²) in [4.78, 5) is 4.12. The molecule has 0 aromatic carbocycles. The molecule has 1 aromatic rings. The van der Waals surface area contributed by atoms with E-state index in [1.807, 2.05) is 12.1 Å². The molecule has 1 N–H and O–H groups in total. The third-order valence-corrected chi connectivity index (χ3v) is 2.04. The Morgan fingerprint density at radius 2 is 2.40 bits per heavy atom. The molecular formula is C11H15N3O. The molecule has 80 valence electrons. The molecule has 15 heavy (non-hydrogen) atoms. The summed E-state index contributed by atoms with van der Waals surface area (Å²) in [6.45, 7) is 2.79. The van der Waals surface area contributed by atoms with E-state index in [1.165, 1.54) is 0 Å². The van der Waals surface area contributed by atoms with Crippen LogP contribution >= 0.6 is 0 Å². The van der Waals surface area contributed by atoms with Crippen molar-refractivity contribution in [1.29, 1.82) is 5.26 Å². The van der Waals surface area contributed by atoms with Crippen LogP contribution in [0.25, 0.3) is 0 Å². The van der Waals surface area contributed by atoms with Crippen LogP contribution in [0.1, 0.15) is 18.9 Å². The van der Waals surface area contributed by atoms with Gasteiger partial charge in [0, 0.05) is 26.0 Å². The van der Waals surface area contributed by atoms with Crippen LogP contribution in [0.3, 0.4) is 0 Å². The number of nitrogens with one attached hydrogen (secondary N) is 1. The third-order valence-electron chi connectivity index (χ3n) is 2.04. The zero-order valence-electron chi connectivity index (χ0n) is 9.03. The zero-order valence-corrected chi connectivity index (χ0v) is 9.03. The van der Waals surface area contributed by atoms with Crippen LogP contribution in [0.15, 0.2) is 18.3 Å². The van der Waals surface area contributed by atoms with Crippen molar-refractivity contribution in [3.8, 4) is 6.07 Å². The molecule has 0 amide bonds. The van der Waals surface area contributed by atoms with Gasteiger partial charge in [0.1, 0.15) is 11.9 Å². The van der Waals surface area contributed by atoms with Gasteiger partial charge in [-0.25, -0.2) is 4.98 Å². The Labute approximate surface area is 89.9 Å². The van der Waals surface area contributed by atoms with E-state index in [0.29, 0.717) is 11.6 Å². The zero-order chi connectivity index (χ0) is 11.1. The van der Waals surface area contributed by atoms with Crippen molar-refractivity contribution in [2.75, 3.05) is 19.0 Å². The maximum Gasteiger partial charge on any atom is 0.126 e. The summed E-state index contributed by atoms with van der Waals surface area (Å²) in [7, 11) is 1.69. The van der Waals surface area contributed by atoms with E-state index < -0.39 is 0 Å². The van der Waals surface area contributed by atoms with Gasteiger partial charge in [0.25, 0.3) is 0 Å². The second-order valence-electron chi connectivity index (χ2n) is 3.37. The summed E-state index contributed by atoms with van der Waals surface area (Å²) < 4.78 is 4.98. The van der Waals surface area contributed by atoms with Crippen LogP contribution in [0.4, 0.5) is 5.82 Å². The van der Waals surface area contributed by atoms with Gasteiger partial charge >= 0.3 is 0 Å². The Morgan fingerprint density at radius 3 is 2.93 bits per heavy atom. The molecule has 0 aliphatic carbocycles. The summed E-state index contributed by atoms with van der Waals surface area (Å²) in [5, 5.41) is 11.8. The Kier molecular flexibility index (Phi) is 4.58. The summed E-state index contributed by atoms with van der Waals surface area (Å²) in [5.74, 6) is 0.789. The van der Waals surface area contributed by atoms with Gasteiger partial charge in [-0.3, -0.25) is 0 Å². The first-order valence-corrected chi connectivity index (χ1v) is 4.88. The van der Waals surface area contributed by atoms with Gasteiger partial charge in [0.05, 0.1) is 5.56 Å². The summed E-state index contributed by atoms with van der Waals surface area (Å²) in [6, 6.07) is 5.90. The fourth-order valence-electron chi connectivity index (χ4n) is 1.16. The van der Waals surface area contributed by atoms with E-state index in [4.69, 9.17) is 10.00 Å². The first-order valence-electron chi connectivity index (χ1n) is 4.88. The molecule has 4 nitrogen and oxygen atoms in total. The number of nitrogens with zero attached hydrogens (tertiary/aromatic N) is 2. The number of aromatic nitrogens is 1. The van der Waals surface area contributed by atoms with Gasteiger partial charge in [0.15, 0.2) is 0 Å². The molecular weight excluding hydrogens is 190 g/mol. The number of methoxy groups -OCH3 is 1.